The molecule has 0 N–H and O–H groups in total. The summed E-state index contributed by atoms with van der Waals surface area (Å²) in [5.74, 6) is 0. The smallest absolute Gasteiger partial charge is 0.0705 e. The van der Waals surface area contributed by atoms with Gasteiger partial charge in [-0.25, -0.2) is 0 Å². The Morgan fingerprint density at radius 3 is 1.83 bits per heavy atom. The summed E-state index contributed by atoms with van der Waals surface area (Å²) in [6, 6.07) is 46.8. The van der Waals surface area contributed by atoms with E-state index in [1.165, 1.54) is 57.3 Å². The molecule has 0 saturated carbocycles. The molecule has 5 aromatic carbocycles. The van der Waals surface area contributed by atoms with E-state index >= 15 is 0 Å². The van der Waals surface area contributed by atoms with Crippen LogP contribution < -0.4 is 4.90 Å². The molecule has 0 amide bonds. The van der Waals surface area contributed by atoms with Gasteiger partial charge >= 0.3 is 0 Å². The topological polar surface area (TPSA) is 16.1 Å². The fourth-order valence-electron chi connectivity index (χ4n) is 8.12. The lowest BCUT2D eigenvalue weighted by molar-refractivity contribution is 0.331. The monoisotopic (exact) mass is 624 g/mol. The molecule has 2 aliphatic rings. The molecule has 1 aromatic heterocycles. The van der Waals surface area contributed by atoms with Crippen LogP contribution >= 0.6 is 0 Å². The summed E-state index contributed by atoms with van der Waals surface area (Å²) in [6.45, 7) is 14.2. The molecule has 6 aromatic rings. The highest BCUT2D eigenvalue weighted by Crippen LogP contribution is 2.51. The van der Waals surface area contributed by atoms with Crippen molar-refractivity contribution in [2.75, 3.05) is 4.90 Å². The van der Waals surface area contributed by atoms with E-state index < -0.39 is 0 Å². The minimum absolute atomic E-state index is 0.0831. The third kappa shape index (κ3) is 4.97. The highest BCUT2D eigenvalue weighted by molar-refractivity contribution is 5.86. The molecule has 0 aliphatic heterocycles. The van der Waals surface area contributed by atoms with Crippen LogP contribution in [0.15, 0.2) is 134 Å². The number of aromatic nitrogens is 1. The zero-order chi connectivity index (χ0) is 33.3. The van der Waals surface area contributed by atoms with Crippen molar-refractivity contribution in [1.29, 1.82) is 0 Å². The normalized spacial score (nSPS) is 16.5. The van der Waals surface area contributed by atoms with E-state index in [2.05, 4.69) is 180 Å². The Morgan fingerprint density at radius 1 is 0.458 bits per heavy atom. The van der Waals surface area contributed by atoms with E-state index in [9.17, 15) is 0 Å². The van der Waals surface area contributed by atoms with Crippen LogP contribution in [0.4, 0.5) is 17.1 Å². The van der Waals surface area contributed by atoms with E-state index in [4.69, 9.17) is 4.98 Å². The van der Waals surface area contributed by atoms with E-state index in [-0.39, 0.29) is 16.2 Å². The first kappa shape index (κ1) is 30.4. The van der Waals surface area contributed by atoms with Gasteiger partial charge in [-0.3, -0.25) is 4.98 Å². The first-order valence-electron chi connectivity index (χ1n) is 17.3. The predicted molar refractivity (Wildman–Crippen MR) is 203 cm³/mol. The van der Waals surface area contributed by atoms with Crippen molar-refractivity contribution in [2.45, 2.75) is 70.6 Å². The Balaban J connectivity index is 1.26. The molecule has 0 fully saturated rings. The number of fused-ring (bicyclic) bond motifs is 4. The van der Waals surface area contributed by atoms with Gasteiger partial charge in [-0.15, -0.1) is 0 Å². The second-order valence-electron chi connectivity index (χ2n) is 15.6. The number of hydrogen-bond acceptors (Lipinski definition) is 2. The van der Waals surface area contributed by atoms with Crippen molar-refractivity contribution < 1.29 is 0 Å². The van der Waals surface area contributed by atoms with E-state index in [1.807, 2.05) is 0 Å². The average Bonchev–Trinajstić information content (AvgIpc) is 3.33. The van der Waals surface area contributed by atoms with Gasteiger partial charge in [-0.2, -0.15) is 0 Å². The number of pyridine rings is 1. The van der Waals surface area contributed by atoms with Gasteiger partial charge in [-0.1, -0.05) is 126 Å². The molecule has 2 heteroatoms. The van der Waals surface area contributed by atoms with Crippen LogP contribution in [-0.4, -0.2) is 4.98 Å². The summed E-state index contributed by atoms with van der Waals surface area (Å²) in [7, 11) is 0. The molecule has 0 saturated heterocycles. The van der Waals surface area contributed by atoms with Gasteiger partial charge in [0, 0.05) is 34.2 Å². The Morgan fingerprint density at radius 2 is 1.06 bits per heavy atom. The second kappa shape index (κ2) is 11.1. The largest absolute Gasteiger partial charge is 0.310 e. The molecule has 2 nitrogen and oxygen atoms in total. The SMILES string of the molecule is CC1(C)CCC(C)(C)c2cc(-c3cccc(N(c4ccc(-c5ccccc5)cc4)c4ccc5c(c4)C(C)(C)c4ccccc4-5)c3)ncc21. The van der Waals surface area contributed by atoms with Crippen molar-refractivity contribution in [1.82, 2.24) is 4.98 Å². The van der Waals surface area contributed by atoms with Gasteiger partial charge in [-0.05, 0) is 111 Å². The number of hydrogen-bond donors (Lipinski definition) is 0. The van der Waals surface area contributed by atoms with E-state index in [0.717, 1.165) is 28.3 Å². The molecule has 0 spiro atoms. The van der Waals surface area contributed by atoms with Crippen LogP contribution in [0.25, 0.3) is 33.5 Å². The second-order valence-corrected chi connectivity index (χ2v) is 15.6. The lowest BCUT2D eigenvalue weighted by atomic mass is 9.63. The summed E-state index contributed by atoms with van der Waals surface area (Å²) < 4.78 is 0. The minimum Gasteiger partial charge on any atom is -0.310 e. The zero-order valence-corrected chi connectivity index (χ0v) is 29.0. The van der Waals surface area contributed by atoms with Gasteiger partial charge < -0.3 is 4.90 Å². The zero-order valence-electron chi connectivity index (χ0n) is 29.0. The van der Waals surface area contributed by atoms with Crippen molar-refractivity contribution in [3.8, 4) is 33.5 Å². The van der Waals surface area contributed by atoms with Gasteiger partial charge in [0.1, 0.15) is 0 Å². The fourth-order valence-corrected chi connectivity index (χ4v) is 8.12. The molecule has 0 atom stereocenters. The van der Waals surface area contributed by atoms with Crippen LogP contribution in [0, 0.1) is 0 Å². The number of benzene rings is 5. The lowest BCUT2D eigenvalue weighted by Gasteiger charge is -2.41. The van der Waals surface area contributed by atoms with Crippen LogP contribution in [-0.2, 0) is 16.2 Å². The van der Waals surface area contributed by atoms with Crippen LogP contribution in [0.5, 0.6) is 0 Å². The number of nitrogens with zero attached hydrogens (tertiary/aromatic N) is 2. The lowest BCUT2D eigenvalue weighted by Crippen LogP contribution is -2.34. The molecule has 0 unspecified atom stereocenters. The molecule has 1 heterocycles. The molecule has 2 aliphatic carbocycles. The van der Waals surface area contributed by atoms with Crippen LogP contribution in [0.1, 0.15) is 76.6 Å². The Hall–Kier alpha value is -4.95. The number of anilines is 3. The van der Waals surface area contributed by atoms with E-state index in [1.54, 1.807) is 0 Å². The van der Waals surface area contributed by atoms with Crippen molar-refractivity contribution in [2.24, 2.45) is 0 Å². The predicted octanol–water partition coefficient (Wildman–Crippen LogP) is 12.5. The maximum Gasteiger partial charge on any atom is 0.0705 e. The van der Waals surface area contributed by atoms with Crippen LogP contribution in [0.2, 0.25) is 0 Å². The Labute approximate surface area is 286 Å². The minimum atomic E-state index is -0.0831. The molecular formula is C46H44N2. The molecule has 0 bridgehead atoms. The number of rotatable bonds is 5. The highest BCUT2D eigenvalue weighted by atomic mass is 15.1. The molecule has 48 heavy (non-hydrogen) atoms. The first-order valence-corrected chi connectivity index (χ1v) is 17.3. The summed E-state index contributed by atoms with van der Waals surface area (Å²) >= 11 is 0. The fraction of sp³-hybridized carbons (Fsp3) is 0.239. The summed E-state index contributed by atoms with van der Waals surface area (Å²) in [6.07, 6.45) is 4.52. The Bertz CT molecular complexity index is 2150. The third-order valence-corrected chi connectivity index (χ3v) is 11.2. The van der Waals surface area contributed by atoms with E-state index in [0.29, 0.717) is 0 Å². The van der Waals surface area contributed by atoms with Crippen molar-refractivity contribution >= 4 is 17.1 Å². The maximum atomic E-state index is 5.09. The van der Waals surface area contributed by atoms with Gasteiger partial charge in [0.15, 0.2) is 0 Å². The standard InChI is InChI=1S/C46H44N2/c1-44(2)25-26-45(3,4)42-30-47-43(29-41(42)44)33-15-12-16-35(27-33)48(34-21-19-32(20-22-34)31-13-8-7-9-14-31)36-23-24-38-37-17-10-11-18-39(37)46(5,6)40(38)28-36/h7-24,27-30H,25-26H2,1-6H3. The van der Waals surface area contributed by atoms with Crippen molar-refractivity contribution in [3.05, 3.63) is 156 Å². The highest BCUT2D eigenvalue weighted by Gasteiger charge is 2.38. The van der Waals surface area contributed by atoms with Crippen molar-refractivity contribution in [3.63, 3.8) is 0 Å². The first-order chi connectivity index (χ1) is 23.0. The molecular weight excluding hydrogens is 581 g/mol. The molecule has 8 rings (SSSR count). The Kier molecular flexibility index (Phi) is 7.00. The maximum absolute atomic E-state index is 5.09. The van der Waals surface area contributed by atoms with Gasteiger partial charge in [0.25, 0.3) is 0 Å². The molecule has 0 radical (unpaired) electrons. The summed E-state index contributed by atoms with van der Waals surface area (Å²) in [5.41, 5.74) is 16.4. The molecule has 238 valence electrons. The van der Waals surface area contributed by atoms with Gasteiger partial charge in [0.2, 0.25) is 0 Å². The summed E-state index contributed by atoms with van der Waals surface area (Å²) in [4.78, 5) is 7.49. The average molecular weight is 625 g/mol. The quantitative estimate of drug-likeness (QED) is 0.190. The third-order valence-electron chi connectivity index (χ3n) is 11.2. The van der Waals surface area contributed by atoms with Gasteiger partial charge in [0.05, 0.1) is 5.69 Å². The van der Waals surface area contributed by atoms with Crippen LogP contribution in [0.3, 0.4) is 0 Å². The summed E-state index contributed by atoms with van der Waals surface area (Å²) in [5, 5.41) is 0.